The van der Waals surface area contributed by atoms with Gasteiger partial charge < -0.3 is 9.15 Å². The van der Waals surface area contributed by atoms with Gasteiger partial charge in [0.2, 0.25) is 0 Å². The highest BCUT2D eigenvalue weighted by molar-refractivity contribution is 5.86. The van der Waals surface area contributed by atoms with Gasteiger partial charge in [-0.3, -0.25) is 0 Å². The molecule has 0 unspecified atom stereocenters. The van der Waals surface area contributed by atoms with Crippen LogP contribution in [0.25, 0.3) is 11.0 Å². The molecule has 0 radical (unpaired) electrons. The Morgan fingerprint density at radius 1 is 1.37 bits per heavy atom. The van der Waals surface area contributed by atoms with Crippen LogP contribution >= 0.6 is 0 Å². The van der Waals surface area contributed by atoms with Crippen LogP contribution in [0.1, 0.15) is 23.1 Å². The van der Waals surface area contributed by atoms with E-state index in [1.165, 1.54) is 0 Å². The van der Waals surface area contributed by atoms with Gasteiger partial charge in [-0.25, -0.2) is 4.79 Å². The number of ether oxygens (including phenoxy) is 1. The lowest BCUT2D eigenvalue weighted by atomic mass is 10.0. The van der Waals surface area contributed by atoms with Crippen molar-refractivity contribution in [1.82, 2.24) is 0 Å². The number of hydrogen-bond acceptors (Lipinski definition) is 4. The molecule has 0 spiro atoms. The highest BCUT2D eigenvalue weighted by Crippen LogP contribution is 2.32. The number of hydrogen-bond donors (Lipinski definition) is 0. The van der Waals surface area contributed by atoms with E-state index in [0.29, 0.717) is 11.3 Å². The normalized spacial score (nSPS) is 13.3. The van der Waals surface area contributed by atoms with Crippen LogP contribution in [0.15, 0.2) is 21.3 Å². The molecule has 0 saturated carbocycles. The second kappa shape index (κ2) is 4.43. The van der Waals surface area contributed by atoms with Crippen molar-refractivity contribution in [2.24, 2.45) is 0 Å². The van der Waals surface area contributed by atoms with E-state index in [-0.39, 0.29) is 12.2 Å². The fourth-order valence-electron chi connectivity index (χ4n) is 2.73. The Morgan fingerprint density at radius 2 is 2.16 bits per heavy atom. The molecule has 0 amide bonds. The molecule has 0 atom stereocenters. The standard InChI is InChI=1S/C15H13NO3/c1-9-13(18-8-7-16)6-5-11-10-3-2-4-12(10)15(17)19-14(9)11/h5-6H,2-4,8H2,1H3. The third kappa shape index (κ3) is 1.78. The topological polar surface area (TPSA) is 63.2 Å². The molecule has 4 nitrogen and oxygen atoms in total. The van der Waals surface area contributed by atoms with E-state index in [0.717, 1.165) is 41.3 Å². The molecule has 1 aromatic heterocycles. The van der Waals surface area contributed by atoms with E-state index in [1.54, 1.807) is 0 Å². The van der Waals surface area contributed by atoms with Crippen molar-refractivity contribution in [2.75, 3.05) is 6.61 Å². The third-order valence-corrected chi connectivity index (χ3v) is 3.63. The molecule has 1 aliphatic rings. The molecule has 1 aromatic carbocycles. The van der Waals surface area contributed by atoms with E-state index < -0.39 is 0 Å². The molecule has 19 heavy (non-hydrogen) atoms. The van der Waals surface area contributed by atoms with Gasteiger partial charge in [-0.1, -0.05) is 0 Å². The summed E-state index contributed by atoms with van der Waals surface area (Å²) in [5.41, 5.74) is 3.06. The van der Waals surface area contributed by atoms with E-state index >= 15 is 0 Å². The van der Waals surface area contributed by atoms with Gasteiger partial charge in [0.1, 0.15) is 17.4 Å². The Balaban J connectivity index is 2.25. The molecule has 2 aromatic rings. The number of nitriles is 1. The minimum Gasteiger partial charge on any atom is -0.478 e. The molecular weight excluding hydrogens is 242 g/mol. The highest BCUT2D eigenvalue weighted by Gasteiger charge is 2.21. The average molecular weight is 255 g/mol. The van der Waals surface area contributed by atoms with Crippen LogP contribution in [0.5, 0.6) is 5.75 Å². The smallest absolute Gasteiger partial charge is 0.339 e. The van der Waals surface area contributed by atoms with Gasteiger partial charge in [0.05, 0.1) is 0 Å². The fraction of sp³-hybridized carbons (Fsp3) is 0.333. The number of nitrogens with zero attached hydrogens (tertiary/aromatic N) is 1. The summed E-state index contributed by atoms with van der Waals surface area (Å²) < 4.78 is 10.8. The Hall–Kier alpha value is -2.28. The molecule has 96 valence electrons. The summed E-state index contributed by atoms with van der Waals surface area (Å²) >= 11 is 0. The van der Waals surface area contributed by atoms with Gasteiger partial charge in [0.25, 0.3) is 0 Å². The predicted molar refractivity (Wildman–Crippen MR) is 70.4 cm³/mol. The maximum absolute atomic E-state index is 11.9. The van der Waals surface area contributed by atoms with Gasteiger partial charge in [0, 0.05) is 16.5 Å². The zero-order valence-corrected chi connectivity index (χ0v) is 10.7. The van der Waals surface area contributed by atoms with Gasteiger partial charge in [-0.15, -0.1) is 0 Å². The van der Waals surface area contributed by atoms with Crippen molar-refractivity contribution < 1.29 is 9.15 Å². The lowest BCUT2D eigenvalue weighted by Crippen LogP contribution is -2.08. The van der Waals surface area contributed by atoms with Crippen molar-refractivity contribution in [3.05, 3.63) is 39.2 Å². The predicted octanol–water partition coefficient (Wildman–Crippen LogP) is 2.49. The molecule has 0 fully saturated rings. The molecule has 1 heterocycles. The molecule has 1 aliphatic carbocycles. The maximum atomic E-state index is 11.9. The average Bonchev–Trinajstić information content (AvgIpc) is 2.89. The first-order valence-corrected chi connectivity index (χ1v) is 6.30. The fourth-order valence-corrected chi connectivity index (χ4v) is 2.73. The van der Waals surface area contributed by atoms with Gasteiger partial charge >= 0.3 is 5.63 Å². The van der Waals surface area contributed by atoms with Crippen molar-refractivity contribution in [1.29, 1.82) is 5.26 Å². The highest BCUT2D eigenvalue weighted by atomic mass is 16.5. The Morgan fingerprint density at radius 3 is 2.95 bits per heavy atom. The van der Waals surface area contributed by atoms with Gasteiger partial charge in [-0.05, 0) is 43.9 Å². The number of benzene rings is 1. The number of fused-ring (bicyclic) bond motifs is 3. The van der Waals surface area contributed by atoms with Crippen LogP contribution in [-0.2, 0) is 12.8 Å². The van der Waals surface area contributed by atoms with Gasteiger partial charge in [-0.2, -0.15) is 5.26 Å². The van der Waals surface area contributed by atoms with E-state index in [9.17, 15) is 4.79 Å². The van der Waals surface area contributed by atoms with Crippen LogP contribution in [0, 0.1) is 18.3 Å². The van der Waals surface area contributed by atoms with Crippen LogP contribution in [0.3, 0.4) is 0 Å². The summed E-state index contributed by atoms with van der Waals surface area (Å²) in [5.74, 6) is 0.593. The van der Waals surface area contributed by atoms with Crippen molar-refractivity contribution >= 4 is 11.0 Å². The molecule has 0 N–H and O–H groups in total. The summed E-state index contributed by atoms with van der Waals surface area (Å²) in [4.78, 5) is 11.9. The zero-order valence-electron chi connectivity index (χ0n) is 10.7. The SMILES string of the molecule is Cc1c(OCC#N)ccc2c3c(c(=O)oc12)CCC3. The molecule has 3 rings (SSSR count). The summed E-state index contributed by atoms with van der Waals surface area (Å²) in [5, 5.41) is 9.55. The van der Waals surface area contributed by atoms with Crippen molar-refractivity contribution in [3.63, 3.8) is 0 Å². The van der Waals surface area contributed by atoms with Crippen LogP contribution in [0.2, 0.25) is 0 Å². The first kappa shape index (κ1) is 11.8. The van der Waals surface area contributed by atoms with E-state index in [4.69, 9.17) is 14.4 Å². The van der Waals surface area contributed by atoms with Crippen LogP contribution < -0.4 is 10.4 Å². The zero-order chi connectivity index (χ0) is 13.4. The quantitative estimate of drug-likeness (QED) is 0.773. The summed E-state index contributed by atoms with van der Waals surface area (Å²) in [6.07, 6.45) is 2.74. The lowest BCUT2D eigenvalue weighted by molar-refractivity contribution is 0.365. The molecule has 0 aliphatic heterocycles. The second-order valence-electron chi connectivity index (χ2n) is 4.71. The number of rotatable bonds is 2. The second-order valence-corrected chi connectivity index (χ2v) is 4.71. The Bertz CT molecular complexity index is 753. The Kier molecular flexibility index (Phi) is 2.75. The first-order valence-electron chi connectivity index (χ1n) is 6.30. The molecule has 0 bridgehead atoms. The first-order chi connectivity index (χ1) is 9.22. The van der Waals surface area contributed by atoms with Crippen LogP contribution in [-0.4, -0.2) is 6.61 Å². The van der Waals surface area contributed by atoms with Crippen molar-refractivity contribution in [3.8, 4) is 11.8 Å². The van der Waals surface area contributed by atoms with E-state index in [1.807, 2.05) is 25.1 Å². The summed E-state index contributed by atoms with van der Waals surface area (Å²) in [6, 6.07) is 5.69. The minimum absolute atomic E-state index is 0.0124. The lowest BCUT2D eigenvalue weighted by Gasteiger charge is -2.10. The minimum atomic E-state index is -0.236. The Labute approximate surface area is 110 Å². The molecule has 4 heteroatoms. The largest absolute Gasteiger partial charge is 0.478 e. The maximum Gasteiger partial charge on any atom is 0.339 e. The number of aryl methyl sites for hydroxylation is 2. The van der Waals surface area contributed by atoms with E-state index in [2.05, 4.69) is 0 Å². The van der Waals surface area contributed by atoms with Crippen molar-refractivity contribution in [2.45, 2.75) is 26.2 Å². The molecule has 0 saturated heterocycles. The summed E-state index contributed by atoms with van der Waals surface area (Å²) in [6.45, 7) is 1.83. The van der Waals surface area contributed by atoms with Crippen LogP contribution in [0.4, 0.5) is 0 Å². The third-order valence-electron chi connectivity index (χ3n) is 3.63. The van der Waals surface area contributed by atoms with Gasteiger partial charge in [0.15, 0.2) is 6.61 Å². The molecular formula is C15H13NO3. The summed E-state index contributed by atoms with van der Waals surface area (Å²) in [7, 11) is 0. The monoisotopic (exact) mass is 255 g/mol.